The third-order valence-corrected chi connectivity index (χ3v) is 4.69. The lowest BCUT2D eigenvalue weighted by Gasteiger charge is -2.29. The van der Waals surface area contributed by atoms with E-state index in [4.69, 9.17) is 4.74 Å². The number of aliphatic imine (C=N–C) groups is 1. The van der Waals surface area contributed by atoms with Crippen molar-refractivity contribution in [1.82, 2.24) is 25.3 Å². The number of fused-ring (bicyclic) bond motifs is 1. The van der Waals surface area contributed by atoms with Crippen LogP contribution in [0.25, 0.3) is 0 Å². The summed E-state index contributed by atoms with van der Waals surface area (Å²) in [5, 5.41) is 11.3. The molecule has 0 radical (unpaired) electrons. The number of hydrogen-bond donors (Lipinski definition) is 2. The maximum Gasteiger partial charge on any atom is 0.191 e. The van der Waals surface area contributed by atoms with Crippen LogP contribution in [0.15, 0.2) is 41.7 Å². The van der Waals surface area contributed by atoms with Gasteiger partial charge in [-0.1, -0.05) is 18.2 Å². The van der Waals surface area contributed by atoms with Crippen LogP contribution in [-0.4, -0.2) is 54.9 Å². The first-order valence-corrected chi connectivity index (χ1v) is 8.92. The highest BCUT2D eigenvalue weighted by molar-refractivity contribution is 14.0. The summed E-state index contributed by atoms with van der Waals surface area (Å²) in [6, 6.07) is 8.58. The predicted molar refractivity (Wildman–Crippen MR) is 119 cm³/mol. The number of rotatable bonds is 5. The van der Waals surface area contributed by atoms with E-state index in [2.05, 4.69) is 52.0 Å². The van der Waals surface area contributed by atoms with Crippen molar-refractivity contribution in [2.24, 2.45) is 12.0 Å². The predicted octanol–water partition coefficient (Wildman–Crippen LogP) is 2.33. The molecule has 0 saturated carbocycles. The smallest absolute Gasteiger partial charge is 0.191 e. The maximum absolute atomic E-state index is 5.74. The third kappa shape index (κ3) is 5.35. The summed E-state index contributed by atoms with van der Waals surface area (Å²) in [7, 11) is 7.89. The molecule has 8 heteroatoms. The van der Waals surface area contributed by atoms with Crippen LogP contribution in [0.3, 0.4) is 0 Å². The first-order chi connectivity index (χ1) is 12.6. The van der Waals surface area contributed by atoms with Crippen molar-refractivity contribution in [1.29, 1.82) is 0 Å². The van der Waals surface area contributed by atoms with Gasteiger partial charge < -0.3 is 20.3 Å². The second kappa shape index (κ2) is 9.93. The topological polar surface area (TPSA) is 66.7 Å². The number of nitrogens with one attached hydrogen (secondary N) is 2. The molecule has 2 atom stereocenters. The Bertz CT molecular complexity index is 760. The number of aromatic nitrogens is 2. The lowest BCUT2D eigenvalue weighted by molar-refractivity contribution is 0.261. The average molecular weight is 484 g/mol. The van der Waals surface area contributed by atoms with Gasteiger partial charge >= 0.3 is 0 Å². The number of likely N-dealkylation sites (N-methyl/N-ethyl adjacent to an activating group) is 1. The van der Waals surface area contributed by atoms with Gasteiger partial charge in [0.15, 0.2) is 5.96 Å². The summed E-state index contributed by atoms with van der Waals surface area (Å²) in [4.78, 5) is 6.58. The van der Waals surface area contributed by atoms with Crippen LogP contribution < -0.4 is 15.4 Å². The molecule has 1 aliphatic heterocycles. The van der Waals surface area contributed by atoms with Crippen LogP contribution in [-0.2, 0) is 7.05 Å². The van der Waals surface area contributed by atoms with Gasteiger partial charge in [-0.2, -0.15) is 5.10 Å². The van der Waals surface area contributed by atoms with Gasteiger partial charge in [0.2, 0.25) is 0 Å². The Balaban J connectivity index is 0.00000261. The van der Waals surface area contributed by atoms with E-state index in [-0.39, 0.29) is 36.1 Å². The zero-order chi connectivity index (χ0) is 18.5. The van der Waals surface area contributed by atoms with Crippen molar-refractivity contribution < 1.29 is 4.74 Å². The highest BCUT2D eigenvalue weighted by Crippen LogP contribution is 2.31. The van der Waals surface area contributed by atoms with Crippen LogP contribution >= 0.6 is 24.0 Å². The van der Waals surface area contributed by atoms with E-state index in [1.807, 2.05) is 36.1 Å². The monoisotopic (exact) mass is 484 g/mol. The van der Waals surface area contributed by atoms with E-state index in [0.717, 1.165) is 24.7 Å². The SMILES string of the molecule is CN=C(NCC(c1cnn(C)c1)N(C)C)NC1CCOc2ccccc21.I. The van der Waals surface area contributed by atoms with E-state index in [9.17, 15) is 0 Å². The Morgan fingerprint density at radius 3 is 2.85 bits per heavy atom. The summed E-state index contributed by atoms with van der Waals surface area (Å²) < 4.78 is 7.57. The summed E-state index contributed by atoms with van der Waals surface area (Å²) in [6.45, 7) is 1.45. The van der Waals surface area contributed by atoms with Crippen molar-refractivity contribution in [3.8, 4) is 5.75 Å². The van der Waals surface area contributed by atoms with Crippen molar-refractivity contribution in [3.63, 3.8) is 0 Å². The average Bonchev–Trinajstić information content (AvgIpc) is 3.06. The first-order valence-electron chi connectivity index (χ1n) is 8.92. The summed E-state index contributed by atoms with van der Waals surface area (Å²) in [5.41, 5.74) is 2.36. The Labute approximate surface area is 178 Å². The number of ether oxygens (including phenoxy) is 1. The van der Waals surface area contributed by atoms with Gasteiger partial charge in [0.25, 0.3) is 0 Å². The normalized spacial score (nSPS) is 17.5. The molecule has 1 aromatic carbocycles. The fraction of sp³-hybridized carbons (Fsp3) is 0.474. The zero-order valence-electron chi connectivity index (χ0n) is 16.3. The number of aryl methyl sites for hydroxylation is 1. The van der Waals surface area contributed by atoms with Gasteiger partial charge in [0, 0.05) is 44.4 Å². The molecule has 0 fully saturated rings. The molecule has 148 valence electrons. The zero-order valence-corrected chi connectivity index (χ0v) is 18.7. The number of hydrogen-bond acceptors (Lipinski definition) is 4. The van der Waals surface area contributed by atoms with Gasteiger partial charge in [-0.05, 0) is 20.2 Å². The molecule has 1 aromatic heterocycles. The van der Waals surface area contributed by atoms with E-state index >= 15 is 0 Å². The molecular formula is C19H29IN6O. The summed E-state index contributed by atoms with van der Waals surface area (Å²) >= 11 is 0. The Kier molecular flexibility index (Phi) is 7.91. The van der Waals surface area contributed by atoms with Gasteiger partial charge in [0.05, 0.1) is 24.9 Å². The number of halogens is 1. The van der Waals surface area contributed by atoms with Gasteiger partial charge in [-0.25, -0.2) is 0 Å². The fourth-order valence-electron chi connectivity index (χ4n) is 3.26. The second-order valence-corrected chi connectivity index (χ2v) is 6.75. The summed E-state index contributed by atoms with van der Waals surface area (Å²) in [6.07, 6.45) is 4.88. The Hall–Kier alpha value is -1.81. The second-order valence-electron chi connectivity index (χ2n) is 6.75. The molecule has 7 nitrogen and oxygen atoms in total. The minimum Gasteiger partial charge on any atom is -0.493 e. The molecule has 0 amide bonds. The van der Waals surface area contributed by atoms with Crippen LogP contribution in [0.2, 0.25) is 0 Å². The number of para-hydroxylation sites is 1. The number of nitrogens with zero attached hydrogens (tertiary/aromatic N) is 4. The molecule has 2 aromatic rings. The molecule has 2 unspecified atom stereocenters. The minimum absolute atomic E-state index is 0. The van der Waals surface area contributed by atoms with E-state index in [1.54, 1.807) is 7.05 Å². The molecule has 0 spiro atoms. The highest BCUT2D eigenvalue weighted by Gasteiger charge is 2.22. The van der Waals surface area contributed by atoms with E-state index in [0.29, 0.717) is 6.61 Å². The Morgan fingerprint density at radius 1 is 1.41 bits per heavy atom. The molecule has 2 heterocycles. The third-order valence-electron chi connectivity index (χ3n) is 4.69. The van der Waals surface area contributed by atoms with Crippen LogP contribution in [0.5, 0.6) is 5.75 Å². The lowest BCUT2D eigenvalue weighted by Crippen LogP contribution is -2.44. The standard InChI is InChI=1S/C19H28N6O.HI/c1-20-19(21-12-17(24(2)3)14-11-22-25(4)13-14)23-16-9-10-26-18-8-6-5-7-15(16)18;/h5-8,11,13,16-17H,9-10,12H2,1-4H3,(H2,20,21,23);1H. The molecule has 0 aliphatic carbocycles. The largest absolute Gasteiger partial charge is 0.493 e. The van der Waals surface area contributed by atoms with Gasteiger partial charge in [0.1, 0.15) is 5.75 Å². The van der Waals surface area contributed by atoms with Gasteiger partial charge in [-0.3, -0.25) is 9.67 Å². The Morgan fingerprint density at radius 2 is 2.19 bits per heavy atom. The van der Waals surface area contributed by atoms with Crippen LogP contribution in [0, 0.1) is 0 Å². The number of benzene rings is 1. The molecule has 0 saturated heterocycles. The molecule has 1 aliphatic rings. The van der Waals surface area contributed by atoms with Crippen molar-refractivity contribution in [3.05, 3.63) is 47.8 Å². The summed E-state index contributed by atoms with van der Waals surface area (Å²) in [5.74, 6) is 1.75. The highest BCUT2D eigenvalue weighted by atomic mass is 127. The molecule has 0 bridgehead atoms. The van der Waals surface area contributed by atoms with Crippen molar-refractivity contribution in [2.45, 2.75) is 18.5 Å². The van der Waals surface area contributed by atoms with Crippen LogP contribution in [0.4, 0.5) is 0 Å². The molecule has 2 N–H and O–H groups in total. The van der Waals surface area contributed by atoms with Crippen molar-refractivity contribution >= 4 is 29.9 Å². The maximum atomic E-state index is 5.74. The quantitative estimate of drug-likeness (QED) is 0.388. The van der Waals surface area contributed by atoms with Gasteiger partial charge in [-0.15, -0.1) is 24.0 Å². The minimum atomic E-state index is 0. The fourth-order valence-corrected chi connectivity index (χ4v) is 3.26. The number of guanidine groups is 1. The van der Waals surface area contributed by atoms with Crippen molar-refractivity contribution in [2.75, 3.05) is 34.3 Å². The molecule has 3 rings (SSSR count). The van der Waals surface area contributed by atoms with E-state index in [1.165, 1.54) is 11.1 Å². The van der Waals surface area contributed by atoms with E-state index < -0.39 is 0 Å². The first kappa shape index (κ1) is 21.5. The van der Waals surface area contributed by atoms with Crippen LogP contribution in [0.1, 0.15) is 29.6 Å². The lowest BCUT2D eigenvalue weighted by atomic mass is 10.0. The molecule has 27 heavy (non-hydrogen) atoms. The molecular weight excluding hydrogens is 455 g/mol.